The molecule has 2 N–H and O–H groups in total. The van der Waals surface area contributed by atoms with E-state index in [1.165, 1.54) is 0 Å². The van der Waals surface area contributed by atoms with Crippen molar-refractivity contribution < 1.29 is 9.59 Å². The summed E-state index contributed by atoms with van der Waals surface area (Å²) in [6, 6.07) is 5.71. The van der Waals surface area contributed by atoms with Crippen LogP contribution in [0.2, 0.25) is 0 Å². The Morgan fingerprint density at radius 1 is 1.15 bits per heavy atom. The lowest BCUT2D eigenvalue weighted by Gasteiger charge is -2.08. The zero-order valence-corrected chi connectivity index (χ0v) is 18.7. The number of thiazole rings is 1. The van der Waals surface area contributed by atoms with E-state index in [4.69, 9.17) is 0 Å². The maximum Gasteiger partial charge on any atom is 0.243 e. The first kappa shape index (κ1) is 22.0. The van der Waals surface area contributed by atoms with Crippen LogP contribution in [-0.2, 0) is 9.59 Å². The summed E-state index contributed by atoms with van der Waals surface area (Å²) in [5.74, 6) is 2.11. The molecule has 0 fully saturated rings. The lowest BCUT2D eigenvalue weighted by atomic mass is 10.1. The first-order valence-electron chi connectivity index (χ1n) is 9.05. The molecule has 0 aliphatic rings. The molecular formula is C19H27N3O2S3. The number of nitrogens with zero attached hydrogens (tertiary/aromatic N) is 1. The molecule has 0 atom stereocenters. The highest BCUT2D eigenvalue weighted by Gasteiger charge is 2.10. The summed E-state index contributed by atoms with van der Waals surface area (Å²) >= 11 is 5.37. The molecule has 0 spiro atoms. The van der Waals surface area contributed by atoms with Crippen LogP contribution in [0.5, 0.6) is 0 Å². The predicted octanol–water partition coefficient (Wildman–Crippen LogP) is 4.63. The standard InChI is InChI=1S/C19H27N3O2S3/c1-12(2)9-17(23)20-11-18(24)21-14-5-6-15-16(10-14)27-19(22-15)26-8-7-25-13(3)4/h5-6,10,12-13H,7-9,11H2,1-4H3,(H,20,23)(H,21,24). The minimum Gasteiger partial charge on any atom is -0.347 e. The molecule has 0 radical (unpaired) electrons. The Morgan fingerprint density at radius 3 is 2.63 bits per heavy atom. The van der Waals surface area contributed by atoms with Gasteiger partial charge in [0.15, 0.2) is 4.34 Å². The summed E-state index contributed by atoms with van der Waals surface area (Å²) in [4.78, 5) is 28.3. The number of fused-ring (bicyclic) bond motifs is 1. The molecule has 1 aromatic heterocycles. The van der Waals surface area contributed by atoms with Crippen molar-refractivity contribution in [3.8, 4) is 0 Å². The third-order valence-corrected chi connectivity index (χ3v) is 6.98. The van der Waals surface area contributed by atoms with Gasteiger partial charge < -0.3 is 10.6 Å². The molecule has 5 nitrogen and oxygen atoms in total. The van der Waals surface area contributed by atoms with Crippen LogP contribution in [0.1, 0.15) is 34.1 Å². The third kappa shape index (κ3) is 8.11. The van der Waals surface area contributed by atoms with Crippen molar-refractivity contribution >= 4 is 62.6 Å². The Kier molecular flexibility index (Phi) is 8.92. The maximum atomic E-state index is 12.0. The second-order valence-electron chi connectivity index (χ2n) is 6.85. The van der Waals surface area contributed by atoms with E-state index < -0.39 is 0 Å². The number of anilines is 1. The molecule has 0 bridgehead atoms. The minimum atomic E-state index is -0.226. The summed E-state index contributed by atoms with van der Waals surface area (Å²) in [7, 11) is 0. The fourth-order valence-corrected chi connectivity index (χ4v) is 5.30. The average molecular weight is 426 g/mol. The van der Waals surface area contributed by atoms with Gasteiger partial charge in [0.25, 0.3) is 0 Å². The number of carbonyl (C=O) groups excluding carboxylic acids is 2. The predicted molar refractivity (Wildman–Crippen MR) is 119 cm³/mol. The smallest absolute Gasteiger partial charge is 0.243 e. The van der Waals surface area contributed by atoms with Crippen molar-refractivity contribution in [2.75, 3.05) is 23.4 Å². The monoisotopic (exact) mass is 425 g/mol. The summed E-state index contributed by atoms with van der Waals surface area (Å²) in [5, 5.41) is 6.13. The van der Waals surface area contributed by atoms with Crippen molar-refractivity contribution in [3.63, 3.8) is 0 Å². The number of carbonyl (C=O) groups is 2. The third-order valence-electron chi connectivity index (χ3n) is 3.45. The van der Waals surface area contributed by atoms with E-state index in [9.17, 15) is 9.59 Å². The number of hydrogen-bond donors (Lipinski definition) is 2. The molecule has 0 aliphatic carbocycles. The van der Waals surface area contributed by atoms with Gasteiger partial charge in [0.2, 0.25) is 11.8 Å². The van der Waals surface area contributed by atoms with E-state index in [1.54, 1.807) is 23.1 Å². The van der Waals surface area contributed by atoms with E-state index in [0.29, 0.717) is 11.7 Å². The Bertz CT molecular complexity index is 775. The number of hydrogen-bond acceptors (Lipinski definition) is 6. The van der Waals surface area contributed by atoms with E-state index in [1.807, 2.05) is 43.8 Å². The van der Waals surface area contributed by atoms with Crippen LogP contribution < -0.4 is 10.6 Å². The van der Waals surface area contributed by atoms with Gasteiger partial charge in [-0.25, -0.2) is 4.98 Å². The van der Waals surface area contributed by atoms with Crippen molar-refractivity contribution in [2.24, 2.45) is 5.92 Å². The number of nitrogens with one attached hydrogen (secondary N) is 2. The SMILES string of the molecule is CC(C)CC(=O)NCC(=O)Nc1ccc2nc(SCCSC(C)C)sc2c1. The van der Waals surface area contributed by atoms with E-state index >= 15 is 0 Å². The molecule has 8 heteroatoms. The minimum absolute atomic E-state index is 0.0130. The largest absolute Gasteiger partial charge is 0.347 e. The first-order chi connectivity index (χ1) is 12.8. The van der Waals surface area contributed by atoms with Gasteiger partial charge in [-0.3, -0.25) is 9.59 Å². The van der Waals surface area contributed by atoms with E-state index in [2.05, 4.69) is 29.5 Å². The van der Waals surface area contributed by atoms with Crippen molar-refractivity contribution in [3.05, 3.63) is 18.2 Å². The molecule has 0 saturated carbocycles. The number of benzene rings is 1. The van der Waals surface area contributed by atoms with Gasteiger partial charge in [-0.2, -0.15) is 11.8 Å². The fraction of sp³-hybridized carbons (Fsp3) is 0.526. The fourth-order valence-electron chi connectivity index (χ4n) is 2.28. The second kappa shape index (κ2) is 10.9. The Balaban J connectivity index is 1.86. The number of amides is 2. The number of thioether (sulfide) groups is 2. The van der Waals surface area contributed by atoms with Crippen molar-refractivity contribution in [1.29, 1.82) is 0 Å². The molecule has 148 valence electrons. The molecule has 0 unspecified atom stereocenters. The van der Waals surface area contributed by atoms with Crippen LogP contribution in [0.3, 0.4) is 0 Å². The summed E-state index contributed by atoms with van der Waals surface area (Å²) < 4.78 is 2.11. The van der Waals surface area contributed by atoms with Crippen LogP contribution in [0, 0.1) is 5.92 Å². The second-order valence-corrected chi connectivity index (χ2v) is 10.9. The van der Waals surface area contributed by atoms with Crippen LogP contribution in [-0.4, -0.2) is 40.1 Å². The number of rotatable bonds is 10. The van der Waals surface area contributed by atoms with Crippen LogP contribution in [0.4, 0.5) is 5.69 Å². The molecule has 27 heavy (non-hydrogen) atoms. The van der Waals surface area contributed by atoms with Crippen LogP contribution >= 0.6 is 34.9 Å². The quantitative estimate of drug-likeness (QED) is 0.429. The highest BCUT2D eigenvalue weighted by atomic mass is 32.2. The van der Waals surface area contributed by atoms with Gasteiger partial charge in [0, 0.05) is 23.6 Å². The molecule has 0 aliphatic heterocycles. The van der Waals surface area contributed by atoms with E-state index in [0.717, 1.165) is 31.7 Å². The van der Waals surface area contributed by atoms with Gasteiger partial charge in [0.1, 0.15) is 0 Å². The van der Waals surface area contributed by atoms with Crippen LogP contribution in [0.25, 0.3) is 10.2 Å². The maximum absolute atomic E-state index is 12.0. The highest BCUT2D eigenvalue weighted by Crippen LogP contribution is 2.31. The molecular weight excluding hydrogens is 398 g/mol. The molecule has 0 saturated heterocycles. The summed E-state index contributed by atoms with van der Waals surface area (Å²) in [5.41, 5.74) is 1.67. The summed E-state index contributed by atoms with van der Waals surface area (Å²) in [6.45, 7) is 8.34. The molecule has 2 aromatic rings. The average Bonchev–Trinajstić information content (AvgIpc) is 2.98. The molecule has 1 heterocycles. The van der Waals surface area contributed by atoms with Crippen LogP contribution in [0.15, 0.2) is 22.5 Å². The van der Waals surface area contributed by atoms with Gasteiger partial charge in [0.05, 0.1) is 16.8 Å². The van der Waals surface area contributed by atoms with E-state index in [-0.39, 0.29) is 24.3 Å². The van der Waals surface area contributed by atoms with Crippen molar-refractivity contribution in [2.45, 2.75) is 43.7 Å². The Morgan fingerprint density at radius 2 is 1.93 bits per heavy atom. The normalized spacial score (nSPS) is 11.3. The topological polar surface area (TPSA) is 71.1 Å². The van der Waals surface area contributed by atoms with Crippen molar-refractivity contribution in [1.82, 2.24) is 10.3 Å². The highest BCUT2D eigenvalue weighted by molar-refractivity contribution is 8.04. The molecule has 2 rings (SSSR count). The van der Waals surface area contributed by atoms with Gasteiger partial charge in [-0.05, 0) is 29.4 Å². The lowest BCUT2D eigenvalue weighted by Crippen LogP contribution is -2.33. The zero-order valence-electron chi connectivity index (χ0n) is 16.2. The van der Waals surface area contributed by atoms with Gasteiger partial charge in [-0.15, -0.1) is 11.3 Å². The zero-order chi connectivity index (χ0) is 19.8. The summed E-state index contributed by atoms with van der Waals surface area (Å²) in [6.07, 6.45) is 0.427. The molecule has 2 amide bonds. The molecule has 1 aromatic carbocycles. The Hall–Kier alpha value is -1.25. The lowest BCUT2D eigenvalue weighted by molar-refractivity contribution is -0.124. The van der Waals surface area contributed by atoms with Gasteiger partial charge >= 0.3 is 0 Å². The number of aromatic nitrogens is 1. The Labute approximate surface area is 173 Å². The van der Waals surface area contributed by atoms with Gasteiger partial charge in [-0.1, -0.05) is 39.5 Å². The first-order valence-corrected chi connectivity index (χ1v) is 11.9.